The quantitative estimate of drug-likeness (QED) is 0.681. The van der Waals surface area contributed by atoms with Crippen LogP contribution in [0, 0.1) is 11.3 Å². The third kappa shape index (κ3) is 6.55. The average Bonchev–Trinajstić information content (AvgIpc) is 3.32. The van der Waals surface area contributed by atoms with E-state index >= 15 is 0 Å². The molecule has 0 radical (unpaired) electrons. The lowest BCUT2D eigenvalue weighted by Crippen LogP contribution is -2.41. The van der Waals surface area contributed by atoms with Gasteiger partial charge in [-0.05, 0) is 42.8 Å². The zero-order valence-electron chi connectivity index (χ0n) is 19.3. The van der Waals surface area contributed by atoms with Crippen molar-refractivity contribution in [3.8, 4) is 0 Å². The number of hydrogen-bond donors (Lipinski definition) is 2. The first kappa shape index (κ1) is 25.7. The molecule has 34 heavy (non-hydrogen) atoms. The lowest BCUT2D eigenvalue weighted by Gasteiger charge is -2.39. The number of fused-ring (bicyclic) bond motifs is 1. The van der Waals surface area contributed by atoms with E-state index in [4.69, 9.17) is 9.90 Å². The molecule has 1 fully saturated rings. The second-order valence-corrected chi connectivity index (χ2v) is 9.37. The molecular formula is C23H30F3N5O3. The molecule has 3 heterocycles. The minimum absolute atomic E-state index is 0.0963. The molecule has 0 atom stereocenters. The van der Waals surface area contributed by atoms with Crippen LogP contribution in [0.2, 0.25) is 0 Å². The van der Waals surface area contributed by atoms with Gasteiger partial charge < -0.3 is 15.0 Å². The van der Waals surface area contributed by atoms with Crippen molar-refractivity contribution < 1.29 is 27.9 Å². The molecule has 0 unspecified atom stereocenters. The minimum atomic E-state index is -5.08. The Bertz CT molecular complexity index is 983. The third-order valence-electron chi connectivity index (χ3n) is 6.14. The van der Waals surface area contributed by atoms with Crippen molar-refractivity contribution >= 4 is 11.9 Å². The van der Waals surface area contributed by atoms with Crippen LogP contribution in [0.5, 0.6) is 0 Å². The number of nitrogens with zero attached hydrogens (tertiary/aromatic N) is 4. The van der Waals surface area contributed by atoms with Crippen LogP contribution in [0.1, 0.15) is 48.7 Å². The lowest BCUT2D eigenvalue weighted by atomic mass is 9.77. The summed E-state index contributed by atoms with van der Waals surface area (Å²) in [6, 6.07) is 10.7. The molecule has 0 aliphatic carbocycles. The second kappa shape index (κ2) is 10.5. The van der Waals surface area contributed by atoms with E-state index in [0.29, 0.717) is 18.3 Å². The Morgan fingerprint density at radius 1 is 1.15 bits per heavy atom. The predicted octanol–water partition coefficient (Wildman–Crippen LogP) is 3.14. The predicted molar refractivity (Wildman–Crippen MR) is 118 cm³/mol. The number of carboxylic acid groups (broad SMARTS) is 1. The molecule has 0 bridgehead atoms. The zero-order valence-corrected chi connectivity index (χ0v) is 19.3. The van der Waals surface area contributed by atoms with Gasteiger partial charge in [0, 0.05) is 26.1 Å². The Labute approximate surface area is 196 Å². The van der Waals surface area contributed by atoms with Crippen molar-refractivity contribution in [2.75, 3.05) is 19.6 Å². The van der Waals surface area contributed by atoms with Crippen molar-refractivity contribution in [3.63, 3.8) is 0 Å². The third-order valence-corrected chi connectivity index (χ3v) is 6.14. The van der Waals surface area contributed by atoms with Crippen LogP contribution in [0.4, 0.5) is 13.2 Å². The number of alkyl halides is 3. The topological polar surface area (TPSA) is 100 Å². The smallest absolute Gasteiger partial charge is 0.475 e. The van der Waals surface area contributed by atoms with Crippen LogP contribution in [-0.4, -0.2) is 62.5 Å². The highest BCUT2D eigenvalue weighted by atomic mass is 19.4. The normalized spacial score (nSPS) is 17.2. The number of piperidine rings is 1. The Morgan fingerprint density at radius 2 is 1.76 bits per heavy atom. The standard InChI is InChI=1S/C21H29N5O.C2HF3O2/c1-16(2)13-22-20(27)19-24-23-18-12-21(15-26(18)19)8-10-25(11-9-21)14-17-6-4-3-5-7-17;3-2(4,5)1(6)7/h3-7,16H,8-15H2,1-2H3,(H,22,27);(H,6,7). The van der Waals surface area contributed by atoms with Crippen molar-refractivity contribution in [3.05, 3.63) is 47.5 Å². The van der Waals surface area contributed by atoms with Gasteiger partial charge in [0.2, 0.25) is 5.82 Å². The molecule has 1 saturated heterocycles. The number of aromatic nitrogens is 3. The summed E-state index contributed by atoms with van der Waals surface area (Å²) in [5.41, 5.74) is 1.62. The molecule has 2 aliphatic heterocycles. The summed E-state index contributed by atoms with van der Waals surface area (Å²) in [6.45, 7) is 8.94. The molecule has 4 rings (SSSR count). The molecule has 0 saturated carbocycles. The van der Waals surface area contributed by atoms with Gasteiger partial charge in [-0.15, -0.1) is 10.2 Å². The molecule has 1 amide bonds. The monoisotopic (exact) mass is 481 g/mol. The van der Waals surface area contributed by atoms with Gasteiger partial charge in [-0.2, -0.15) is 13.2 Å². The Morgan fingerprint density at radius 3 is 2.32 bits per heavy atom. The highest BCUT2D eigenvalue weighted by molar-refractivity contribution is 5.90. The molecule has 1 aromatic heterocycles. The number of nitrogens with one attached hydrogen (secondary N) is 1. The van der Waals surface area contributed by atoms with E-state index < -0.39 is 12.1 Å². The molecule has 2 aliphatic rings. The maximum absolute atomic E-state index is 12.5. The highest BCUT2D eigenvalue weighted by Gasteiger charge is 2.43. The van der Waals surface area contributed by atoms with Crippen molar-refractivity contribution in [1.82, 2.24) is 25.0 Å². The summed E-state index contributed by atoms with van der Waals surface area (Å²) in [5.74, 6) is -0.973. The Hall–Kier alpha value is -2.95. The van der Waals surface area contributed by atoms with Gasteiger partial charge in [-0.25, -0.2) is 4.79 Å². The van der Waals surface area contributed by atoms with E-state index in [2.05, 4.69) is 69.2 Å². The van der Waals surface area contributed by atoms with Crippen LogP contribution >= 0.6 is 0 Å². The SMILES string of the molecule is CC(C)CNC(=O)c1nnc2n1CC1(CCN(Cc3ccccc3)CC1)C2.O=C(O)C(F)(F)F. The van der Waals surface area contributed by atoms with Crippen LogP contribution in [-0.2, 0) is 24.3 Å². The van der Waals surface area contributed by atoms with Gasteiger partial charge in [0.15, 0.2) is 0 Å². The van der Waals surface area contributed by atoms with E-state index in [9.17, 15) is 18.0 Å². The number of benzene rings is 1. The summed E-state index contributed by atoms with van der Waals surface area (Å²) in [5, 5.41) is 18.6. The van der Waals surface area contributed by atoms with Gasteiger partial charge in [-0.3, -0.25) is 9.69 Å². The number of hydrogen-bond acceptors (Lipinski definition) is 5. The van der Waals surface area contributed by atoms with E-state index in [1.807, 2.05) is 0 Å². The number of rotatable bonds is 5. The van der Waals surface area contributed by atoms with Crippen molar-refractivity contribution in [1.29, 1.82) is 0 Å². The van der Waals surface area contributed by atoms with E-state index in [1.54, 1.807) is 0 Å². The number of halogens is 3. The fraction of sp³-hybridized carbons (Fsp3) is 0.565. The van der Waals surface area contributed by atoms with Gasteiger partial charge in [0.05, 0.1) is 0 Å². The Balaban J connectivity index is 0.000000406. The molecule has 1 spiro atoms. The van der Waals surface area contributed by atoms with Crippen LogP contribution in [0.25, 0.3) is 0 Å². The molecule has 1 aromatic carbocycles. The summed E-state index contributed by atoms with van der Waals surface area (Å²) < 4.78 is 33.8. The van der Waals surface area contributed by atoms with Gasteiger partial charge in [-0.1, -0.05) is 44.2 Å². The van der Waals surface area contributed by atoms with E-state index in [1.165, 1.54) is 5.56 Å². The fourth-order valence-corrected chi connectivity index (χ4v) is 4.26. The van der Waals surface area contributed by atoms with Crippen LogP contribution in [0.15, 0.2) is 30.3 Å². The first-order chi connectivity index (χ1) is 16.0. The largest absolute Gasteiger partial charge is 0.490 e. The summed E-state index contributed by atoms with van der Waals surface area (Å²) >= 11 is 0. The molecule has 8 nitrogen and oxygen atoms in total. The van der Waals surface area contributed by atoms with Crippen LogP contribution < -0.4 is 5.32 Å². The highest BCUT2D eigenvalue weighted by Crippen LogP contribution is 2.41. The number of likely N-dealkylation sites (tertiary alicyclic amines) is 1. The number of carboxylic acids is 1. The first-order valence-electron chi connectivity index (χ1n) is 11.3. The average molecular weight is 482 g/mol. The van der Waals surface area contributed by atoms with Crippen LogP contribution in [0.3, 0.4) is 0 Å². The lowest BCUT2D eigenvalue weighted by molar-refractivity contribution is -0.192. The molecular weight excluding hydrogens is 451 g/mol. The minimum Gasteiger partial charge on any atom is -0.475 e. The van der Waals surface area contributed by atoms with Gasteiger partial charge in [0.25, 0.3) is 5.91 Å². The molecule has 2 aromatic rings. The Kier molecular flexibility index (Phi) is 7.96. The number of amides is 1. The summed E-state index contributed by atoms with van der Waals surface area (Å²) in [7, 11) is 0. The molecule has 2 N–H and O–H groups in total. The number of aliphatic carboxylic acids is 1. The van der Waals surface area contributed by atoms with Crippen molar-refractivity contribution in [2.24, 2.45) is 11.3 Å². The molecule has 186 valence electrons. The van der Waals surface area contributed by atoms with Gasteiger partial charge >= 0.3 is 12.1 Å². The maximum Gasteiger partial charge on any atom is 0.490 e. The number of carbonyl (C=O) groups excluding carboxylic acids is 1. The summed E-state index contributed by atoms with van der Waals surface area (Å²) in [6.07, 6.45) is -1.84. The first-order valence-corrected chi connectivity index (χ1v) is 11.3. The fourth-order valence-electron chi connectivity index (χ4n) is 4.26. The summed E-state index contributed by atoms with van der Waals surface area (Å²) in [4.78, 5) is 23.9. The zero-order chi connectivity index (χ0) is 24.9. The van der Waals surface area contributed by atoms with Gasteiger partial charge in [0.1, 0.15) is 5.82 Å². The second-order valence-electron chi connectivity index (χ2n) is 9.37. The number of carbonyl (C=O) groups is 2. The maximum atomic E-state index is 12.5. The van der Waals surface area contributed by atoms with E-state index in [-0.39, 0.29) is 11.3 Å². The van der Waals surface area contributed by atoms with Crippen molar-refractivity contribution in [2.45, 2.75) is 52.4 Å². The molecule has 11 heteroatoms. The van der Waals surface area contributed by atoms with E-state index in [0.717, 1.165) is 51.3 Å².